The number of rotatable bonds is 4. The lowest BCUT2D eigenvalue weighted by atomic mass is 9.90. The van der Waals surface area contributed by atoms with Crippen LogP contribution in [0, 0.1) is 5.82 Å². The average Bonchev–Trinajstić information content (AvgIpc) is 3.09. The van der Waals surface area contributed by atoms with Crippen molar-refractivity contribution in [2.75, 3.05) is 33.2 Å². The van der Waals surface area contributed by atoms with Gasteiger partial charge in [-0.25, -0.2) is 4.39 Å². The van der Waals surface area contributed by atoms with Crippen molar-refractivity contribution >= 4 is 5.91 Å². The van der Waals surface area contributed by atoms with Crippen LogP contribution in [0.1, 0.15) is 16.7 Å². The van der Waals surface area contributed by atoms with Crippen molar-refractivity contribution in [2.24, 2.45) is 0 Å². The SMILES string of the molecule is CN(Cc1cccc(F)c1)C(=O)C1(N2CCNCC2)Cc2ccccc2C1. The Morgan fingerprint density at radius 3 is 2.41 bits per heavy atom. The predicted octanol–water partition coefficient (Wildman–Crippen LogP) is 2.23. The van der Waals surface area contributed by atoms with E-state index < -0.39 is 5.54 Å². The number of hydrogen-bond donors (Lipinski definition) is 1. The van der Waals surface area contributed by atoms with Gasteiger partial charge in [0.15, 0.2) is 0 Å². The molecule has 0 radical (unpaired) electrons. The Bertz CT molecular complexity index is 807. The molecule has 1 fully saturated rings. The van der Waals surface area contributed by atoms with Crippen LogP contribution in [-0.4, -0.2) is 54.5 Å². The molecule has 2 aliphatic rings. The zero-order valence-electron chi connectivity index (χ0n) is 15.7. The molecule has 0 aromatic heterocycles. The number of carbonyl (C=O) groups is 1. The Hall–Kier alpha value is -2.24. The maximum Gasteiger partial charge on any atom is 0.243 e. The fraction of sp³-hybridized carbons (Fsp3) is 0.409. The van der Waals surface area contributed by atoms with Crippen LogP contribution in [0.2, 0.25) is 0 Å². The summed E-state index contributed by atoms with van der Waals surface area (Å²) in [5, 5.41) is 3.38. The van der Waals surface area contributed by atoms with E-state index in [-0.39, 0.29) is 11.7 Å². The molecule has 5 heteroatoms. The summed E-state index contributed by atoms with van der Waals surface area (Å²) in [6, 6.07) is 14.9. The highest BCUT2D eigenvalue weighted by atomic mass is 19.1. The number of carbonyl (C=O) groups excluding carboxylic acids is 1. The van der Waals surface area contributed by atoms with Gasteiger partial charge in [-0.05, 0) is 28.8 Å². The molecule has 27 heavy (non-hydrogen) atoms. The molecule has 1 aliphatic carbocycles. The van der Waals surface area contributed by atoms with Gasteiger partial charge in [-0.15, -0.1) is 0 Å². The van der Waals surface area contributed by atoms with Crippen LogP contribution in [0.4, 0.5) is 4.39 Å². The minimum absolute atomic E-state index is 0.130. The maximum atomic E-state index is 13.7. The average molecular weight is 367 g/mol. The molecular weight excluding hydrogens is 341 g/mol. The van der Waals surface area contributed by atoms with Crippen molar-refractivity contribution in [3.05, 3.63) is 71.0 Å². The lowest BCUT2D eigenvalue weighted by molar-refractivity contribution is -0.144. The van der Waals surface area contributed by atoms with Gasteiger partial charge < -0.3 is 10.2 Å². The highest BCUT2D eigenvalue weighted by Gasteiger charge is 2.49. The number of piperazine rings is 1. The topological polar surface area (TPSA) is 35.6 Å². The standard InChI is InChI=1S/C22H26FN3O/c1-25(16-17-5-4-8-20(23)13-17)21(27)22(26-11-9-24-10-12-26)14-18-6-2-3-7-19(18)15-22/h2-8,13,24H,9-12,14-16H2,1H3. The normalized spacial score (nSPS) is 18.9. The van der Waals surface area contributed by atoms with Gasteiger partial charge in [0, 0.05) is 52.6 Å². The minimum Gasteiger partial charge on any atom is -0.340 e. The van der Waals surface area contributed by atoms with Gasteiger partial charge in [-0.1, -0.05) is 36.4 Å². The quantitative estimate of drug-likeness (QED) is 0.900. The van der Waals surface area contributed by atoms with Crippen LogP contribution in [0.5, 0.6) is 0 Å². The molecule has 1 amide bonds. The summed E-state index contributed by atoms with van der Waals surface area (Å²) in [5.74, 6) is -0.136. The number of fused-ring (bicyclic) bond motifs is 1. The Morgan fingerprint density at radius 1 is 1.11 bits per heavy atom. The number of amides is 1. The number of nitrogens with zero attached hydrogens (tertiary/aromatic N) is 2. The first-order valence-electron chi connectivity index (χ1n) is 9.61. The number of benzene rings is 2. The van der Waals surface area contributed by atoms with E-state index in [0.717, 1.165) is 44.6 Å². The van der Waals surface area contributed by atoms with E-state index in [2.05, 4.69) is 22.3 Å². The lowest BCUT2D eigenvalue weighted by Crippen LogP contribution is -2.63. The molecule has 1 saturated heterocycles. The van der Waals surface area contributed by atoms with E-state index in [0.29, 0.717) is 6.54 Å². The maximum absolute atomic E-state index is 13.7. The first-order valence-corrected chi connectivity index (χ1v) is 9.61. The van der Waals surface area contributed by atoms with Crippen molar-refractivity contribution in [1.82, 2.24) is 15.1 Å². The number of halogens is 1. The number of hydrogen-bond acceptors (Lipinski definition) is 3. The summed E-state index contributed by atoms with van der Waals surface area (Å²) >= 11 is 0. The van der Waals surface area contributed by atoms with E-state index in [9.17, 15) is 9.18 Å². The van der Waals surface area contributed by atoms with Gasteiger partial charge in [0.25, 0.3) is 0 Å². The monoisotopic (exact) mass is 367 g/mol. The van der Waals surface area contributed by atoms with Gasteiger partial charge >= 0.3 is 0 Å². The molecule has 0 atom stereocenters. The minimum atomic E-state index is -0.534. The summed E-state index contributed by atoms with van der Waals surface area (Å²) in [6.07, 6.45) is 1.49. The fourth-order valence-electron chi connectivity index (χ4n) is 4.53. The second kappa shape index (κ2) is 7.41. The lowest BCUT2D eigenvalue weighted by Gasteiger charge is -2.44. The van der Waals surface area contributed by atoms with Crippen molar-refractivity contribution in [3.63, 3.8) is 0 Å². The predicted molar refractivity (Wildman–Crippen MR) is 104 cm³/mol. The first kappa shape index (κ1) is 18.1. The largest absolute Gasteiger partial charge is 0.340 e. The summed E-state index contributed by atoms with van der Waals surface area (Å²) in [6.45, 7) is 3.96. The third kappa shape index (κ3) is 3.49. The van der Waals surface area contributed by atoms with Crippen molar-refractivity contribution in [1.29, 1.82) is 0 Å². The zero-order valence-corrected chi connectivity index (χ0v) is 15.7. The van der Waals surface area contributed by atoms with Crippen molar-refractivity contribution in [2.45, 2.75) is 24.9 Å². The number of nitrogens with one attached hydrogen (secondary N) is 1. The molecule has 0 saturated carbocycles. The van der Waals surface area contributed by atoms with E-state index in [1.165, 1.54) is 23.3 Å². The summed E-state index contributed by atoms with van der Waals surface area (Å²) in [4.78, 5) is 17.8. The van der Waals surface area contributed by atoms with Gasteiger partial charge in [-0.2, -0.15) is 0 Å². The first-order chi connectivity index (χ1) is 13.1. The summed E-state index contributed by atoms with van der Waals surface area (Å²) in [7, 11) is 1.83. The molecule has 2 aromatic carbocycles. The third-order valence-electron chi connectivity index (χ3n) is 5.86. The smallest absolute Gasteiger partial charge is 0.243 e. The molecule has 4 rings (SSSR count). The molecule has 1 heterocycles. The fourth-order valence-corrected chi connectivity index (χ4v) is 4.53. The molecular formula is C22H26FN3O. The third-order valence-corrected chi connectivity index (χ3v) is 5.86. The molecule has 142 valence electrons. The Labute approximate surface area is 160 Å². The Balaban J connectivity index is 1.61. The van der Waals surface area contributed by atoms with Gasteiger partial charge in [0.1, 0.15) is 11.4 Å². The van der Waals surface area contributed by atoms with E-state index >= 15 is 0 Å². The van der Waals surface area contributed by atoms with E-state index in [1.54, 1.807) is 11.0 Å². The van der Waals surface area contributed by atoms with Crippen LogP contribution in [-0.2, 0) is 24.2 Å². The molecule has 0 spiro atoms. The van der Waals surface area contributed by atoms with Crippen LogP contribution in [0.15, 0.2) is 48.5 Å². The Kier molecular flexibility index (Phi) is 4.98. The molecule has 1 N–H and O–H groups in total. The Morgan fingerprint density at radius 2 is 1.78 bits per heavy atom. The second-order valence-electron chi connectivity index (χ2n) is 7.68. The second-order valence-corrected chi connectivity index (χ2v) is 7.68. The van der Waals surface area contributed by atoms with E-state index in [4.69, 9.17) is 0 Å². The molecule has 0 unspecified atom stereocenters. The highest BCUT2D eigenvalue weighted by Crippen LogP contribution is 2.36. The van der Waals surface area contributed by atoms with Crippen LogP contribution < -0.4 is 5.32 Å². The van der Waals surface area contributed by atoms with Gasteiger partial charge in [0.2, 0.25) is 5.91 Å². The molecule has 0 bridgehead atoms. The van der Waals surface area contributed by atoms with Crippen LogP contribution in [0.3, 0.4) is 0 Å². The van der Waals surface area contributed by atoms with Crippen LogP contribution in [0.25, 0.3) is 0 Å². The highest BCUT2D eigenvalue weighted by molar-refractivity contribution is 5.88. The summed E-state index contributed by atoms with van der Waals surface area (Å²) < 4.78 is 13.5. The molecule has 4 nitrogen and oxygen atoms in total. The van der Waals surface area contributed by atoms with Crippen molar-refractivity contribution < 1.29 is 9.18 Å². The number of likely N-dealkylation sites (N-methyl/N-ethyl adjacent to an activating group) is 1. The van der Waals surface area contributed by atoms with E-state index in [1.807, 2.05) is 25.2 Å². The molecule has 1 aliphatic heterocycles. The van der Waals surface area contributed by atoms with Gasteiger partial charge in [-0.3, -0.25) is 9.69 Å². The van der Waals surface area contributed by atoms with Crippen LogP contribution >= 0.6 is 0 Å². The van der Waals surface area contributed by atoms with Gasteiger partial charge in [0.05, 0.1) is 0 Å². The zero-order chi connectivity index (χ0) is 18.9. The molecule has 2 aromatic rings. The van der Waals surface area contributed by atoms with Crippen molar-refractivity contribution in [3.8, 4) is 0 Å². The summed E-state index contributed by atoms with van der Waals surface area (Å²) in [5.41, 5.74) is 2.82.